The van der Waals surface area contributed by atoms with Gasteiger partial charge in [-0.2, -0.15) is 0 Å². The van der Waals surface area contributed by atoms with Gasteiger partial charge in [-0.25, -0.2) is 9.37 Å². The Morgan fingerprint density at radius 1 is 1.52 bits per heavy atom. The van der Waals surface area contributed by atoms with Gasteiger partial charge in [0.2, 0.25) is 0 Å². The number of hydrogen-bond donors (Lipinski definition) is 3. The van der Waals surface area contributed by atoms with Crippen molar-refractivity contribution in [3.8, 4) is 0 Å². The average molecular weight is 451 g/mol. The molecule has 2 rings (SSSR count). The molecule has 13 heteroatoms. The number of amidine groups is 2. The molecular weight excluding hydrogens is 436 g/mol. The van der Waals surface area contributed by atoms with Gasteiger partial charge in [0.05, 0.1) is 30.1 Å². The molecule has 29 heavy (non-hydrogen) atoms. The standard InChI is InChI=1S/C16H15Cl2F3N6O2/c1-2-29-16(28)13(15-24-5-8(17)6-25-15)11(4-12(22)27(20)21)26-9-3-10(19)14(18)23-7-9/h3-5,7,13,22,26H,2,6H2,1H3,(H,24,25)/b11-4-,22-12?. The highest BCUT2D eigenvalue weighted by Gasteiger charge is 2.32. The summed E-state index contributed by atoms with van der Waals surface area (Å²) in [5, 5.41) is 11.2. The minimum absolute atomic E-state index is 0.000584. The number of rotatable bonds is 7. The summed E-state index contributed by atoms with van der Waals surface area (Å²) in [6, 6.07) is 0.949. The highest BCUT2D eigenvalue weighted by Crippen LogP contribution is 2.23. The first-order chi connectivity index (χ1) is 13.7. The summed E-state index contributed by atoms with van der Waals surface area (Å²) in [6.45, 7) is 1.60. The van der Waals surface area contributed by atoms with Gasteiger partial charge >= 0.3 is 5.97 Å². The zero-order chi connectivity index (χ0) is 21.6. The summed E-state index contributed by atoms with van der Waals surface area (Å²) in [5.41, 5.74) is -0.246. The van der Waals surface area contributed by atoms with Crippen molar-refractivity contribution < 1.29 is 22.9 Å². The van der Waals surface area contributed by atoms with Crippen LogP contribution in [0.25, 0.3) is 0 Å². The maximum Gasteiger partial charge on any atom is 0.322 e. The number of hydrogen-bond acceptors (Lipinski definition) is 7. The average Bonchev–Trinajstić information content (AvgIpc) is 2.66. The molecule has 0 amide bonds. The summed E-state index contributed by atoms with van der Waals surface area (Å²) in [4.78, 5) is 20.3. The number of carbonyl (C=O) groups excluding carboxylic acids is 1. The van der Waals surface area contributed by atoms with Crippen LogP contribution < -0.4 is 10.6 Å². The number of ether oxygens (including phenoxy) is 1. The van der Waals surface area contributed by atoms with E-state index in [1.54, 1.807) is 6.92 Å². The number of nitrogens with one attached hydrogen (secondary N) is 3. The Hall–Kier alpha value is -2.79. The van der Waals surface area contributed by atoms with Gasteiger partial charge in [-0.15, -0.1) is 0 Å². The number of pyridine rings is 1. The zero-order valence-corrected chi connectivity index (χ0v) is 16.4. The number of nitrogens with zero attached hydrogens (tertiary/aromatic N) is 3. The van der Waals surface area contributed by atoms with E-state index in [2.05, 4.69) is 20.6 Å². The molecule has 0 aromatic carbocycles. The van der Waals surface area contributed by atoms with Crippen LogP contribution in [0.1, 0.15) is 6.92 Å². The van der Waals surface area contributed by atoms with Crippen molar-refractivity contribution >= 4 is 46.5 Å². The molecular formula is C16H15Cl2F3N6O2. The first-order valence-electron chi connectivity index (χ1n) is 8.04. The van der Waals surface area contributed by atoms with Crippen molar-refractivity contribution in [2.45, 2.75) is 6.92 Å². The third-order valence-corrected chi connectivity index (χ3v) is 3.95. The van der Waals surface area contributed by atoms with Gasteiger partial charge in [0.15, 0.2) is 22.7 Å². The summed E-state index contributed by atoms with van der Waals surface area (Å²) < 4.78 is 44.4. The number of aliphatic imine (C=N–C) groups is 1. The van der Waals surface area contributed by atoms with Crippen LogP contribution in [0.4, 0.5) is 19.0 Å². The van der Waals surface area contributed by atoms with Gasteiger partial charge in [-0.05, 0) is 12.3 Å². The monoisotopic (exact) mass is 450 g/mol. The summed E-state index contributed by atoms with van der Waals surface area (Å²) >= 11 is 11.4. The van der Waals surface area contributed by atoms with E-state index in [0.29, 0.717) is 11.1 Å². The molecule has 1 aromatic heterocycles. The van der Waals surface area contributed by atoms with Gasteiger partial charge in [-0.3, -0.25) is 15.2 Å². The molecule has 0 saturated heterocycles. The van der Waals surface area contributed by atoms with Crippen LogP contribution in [0.2, 0.25) is 5.15 Å². The lowest BCUT2D eigenvalue weighted by Gasteiger charge is -2.24. The fraction of sp³-hybridized carbons (Fsp3) is 0.250. The topological polar surface area (TPSA) is 103 Å². The van der Waals surface area contributed by atoms with Crippen LogP contribution in [0, 0.1) is 17.1 Å². The Kier molecular flexibility index (Phi) is 7.85. The maximum absolute atomic E-state index is 13.7. The third-order valence-electron chi connectivity index (χ3n) is 3.44. The maximum atomic E-state index is 13.7. The number of aromatic nitrogens is 1. The summed E-state index contributed by atoms with van der Waals surface area (Å²) in [5.74, 6) is -4.29. The van der Waals surface area contributed by atoms with E-state index in [1.807, 2.05) is 0 Å². The van der Waals surface area contributed by atoms with E-state index < -0.39 is 34.0 Å². The van der Waals surface area contributed by atoms with Gasteiger partial charge in [0, 0.05) is 24.0 Å². The zero-order valence-electron chi connectivity index (χ0n) is 14.8. The van der Waals surface area contributed by atoms with Crippen LogP contribution >= 0.6 is 23.2 Å². The second-order valence-electron chi connectivity index (χ2n) is 5.46. The second kappa shape index (κ2) is 10.1. The summed E-state index contributed by atoms with van der Waals surface area (Å²) in [7, 11) is 0. The fourth-order valence-corrected chi connectivity index (χ4v) is 2.45. The first-order valence-corrected chi connectivity index (χ1v) is 8.80. The van der Waals surface area contributed by atoms with Gasteiger partial charge < -0.3 is 15.4 Å². The molecule has 0 radical (unpaired) electrons. The minimum atomic E-state index is -1.46. The van der Waals surface area contributed by atoms with E-state index in [0.717, 1.165) is 12.3 Å². The molecule has 0 fully saturated rings. The van der Waals surface area contributed by atoms with Gasteiger partial charge in [0.25, 0.3) is 0 Å². The molecule has 0 aliphatic carbocycles. The van der Waals surface area contributed by atoms with Crippen molar-refractivity contribution in [1.29, 1.82) is 5.41 Å². The first kappa shape index (κ1) is 22.5. The van der Waals surface area contributed by atoms with Crippen molar-refractivity contribution in [2.24, 2.45) is 10.9 Å². The number of carbonyl (C=O) groups is 1. The molecule has 0 spiro atoms. The molecule has 1 atom stereocenters. The normalized spacial score (nSPS) is 14.9. The molecule has 1 aliphatic rings. The highest BCUT2D eigenvalue weighted by atomic mass is 35.5. The Morgan fingerprint density at radius 2 is 2.24 bits per heavy atom. The molecule has 8 nitrogen and oxygen atoms in total. The van der Waals surface area contributed by atoms with Crippen molar-refractivity contribution in [2.75, 3.05) is 18.5 Å². The van der Waals surface area contributed by atoms with Crippen LogP contribution in [0.3, 0.4) is 0 Å². The van der Waals surface area contributed by atoms with Crippen molar-refractivity contribution in [3.63, 3.8) is 0 Å². The van der Waals surface area contributed by atoms with Gasteiger partial charge in [-0.1, -0.05) is 32.2 Å². The Morgan fingerprint density at radius 3 is 2.79 bits per heavy atom. The third kappa shape index (κ3) is 6.09. The number of halogens is 5. The molecule has 1 aromatic rings. The van der Waals surface area contributed by atoms with Crippen LogP contribution in [-0.4, -0.2) is 41.1 Å². The van der Waals surface area contributed by atoms with Crippen LogP contribution in [0.15, 0.2) is 40.3 Å². The molecule has 1 aliphatic heterocycles. The fourth-order valence-electron chi connectivity index (χ4n) is 2.23. The quantitative estimate of drug-likeness (QED) is 0.193. The van der Waals surface area contributed by atoms with E-state index >= 15 is 0 Å². The molecule has 156 valence electrons. The van der Waals surface area contributed by atoms with E-state index in [1.165, 1.54) is 6.20 Å². The Balaban J connectivity index is 2.49. The molecule has 2 heterocycles. The largest absolute Gasteiger partial charge is 0.465 e. The molecule has 1 unspecified atom stereocenters. The summed E-state index contributed by atoms with van der Waals surface area (Å²) in [6.07, 6.45) is 3.18. The van der Waals surface area contributed by atoms with E-state index in [-0.39, 0.29) is 30.4 Å². The van der Waals surface area contributed by atoms with Crippen LogP contribution in [-0.2, 0) is 9.53 Å². The molecule has 0 saturated carbocycles. The SMILES string of the molecule is CCOC(=O)C(C1=NCC(Cl)=CN1)/C(=C/C(=N)N(F)F)Nc1cnc(Cl)c(F)c1. The molecule has 0 bridgehead atoms. The van der Waals surface area contributed by atoms with Gasteiger partial charge in [0.1, 0.15) is 5.84 Å². The lowest BCUT2D eigenvalue weighted by molar-refractivity contribution is -0.144. The van der Waals surface area contributed by atoms with Crippen LogP contribution in [0.5, 0.6) is 0 Å². The minimum Gasteiger partial charge on any atom is -0.465 e. The lowest BCUT2D eigenvalue weighted by Crippen LogP contribution is -2.39. The second-order valence-corrected chi connectivity index (χ2v) is 6.31. The van der Waals surface area contributed by atoms with Crippen molar-refractivity contribution in [1.82, 2.24) is 15.6 Å². The predicted molar refractivity (Wildman–Crippen MR) is 102 cm³/mol. The predicted octanol–water partition coefficient (Wildman–Crippen LogP) is 3.48. The van der Waals surface area contributed by atoms with E-state index in [4.69, 9.17) is 33.3 Å². The number of anilines is 1. The number of esters is 1. The van der Waals surface area contributed by atoms with E-state index in [9.17, 15) is 18.1 Å². The lowest BCUT2D eigenvalue weighted by atomic mass is 10.0. The Labute approximate surface area is 173 Å². The highest BCUT2D eigenvalue weighted by molar-refractivity contribution is 6.30. The smallest absolute Gasteiger partial charge is 0.322 e. The Bertz CT molecular complexity index is 891. The van der Waals surface area contributed by atoms with Crippen molar-refractivity contribution in [3.05, 3.63) is 46.2 Å². The molecule has 3 N–H and O–H groups in total.